The minimum atomic E-state index is 0.426. The zero-order valence-electron chi connectivity index (χ0n) is 15.2. The molecule has 0 aromatic heterocycles. The van der Waals surface area contributed by atoms with Gasteiger partial charge in [0.2, 0.25) is 0 Å². The maximum absolute atomic E-state index is 5.60. The van der Waals surface area contributed by atoms with Gasteiger partial charge in [0.25, 0.3) is 0 Å². The largest absolute Gasteiger partial charge is 0.490 e. The number of hydrogen-bond acceptors (Lipinski definition) is 3. The Morgan fingerprint density at radius 1 is 0.889 bits per heavy atom. The van der Waals surface area contributed by atoms with E-state index in [2.05, 4.69) is 53.7 Å². The molecule has 0 N–H and O–H groups in total. The number of hydrogen-bond donors (Lipinski definition) is 0. The summed E-state index contributed by atoms with van der Waals surface area (Å²) in [7, 11) is 0. The predicted octanol–water partition coefficient (Wildman–Crippen LogP) is 5.29. The molecule has 0 bridgehead atoms. The van der Waals surface area contributed by atoms with E-state index >= 15 is 0 Å². The van der Waals surface area contributed by atoms with Crippen LogP contribution in [-0.2, 0) is 11.3 Å². The molecule has 27 heavy (non-hydrogen) atoms. The third-order valence-corrected chi connectivity index (χ3v) is 4.68. The maximum atomic E-state index is 5.60. The summed E-state index contributed by atoms with van der Waals surface area (Å²) in [5.41, 5.74) is 6.09. The van der Waals surface area contributed by atoms with E-state index in [1.165, 1.54) is 22.3 Å². The van der Waals surface area contributed by atoms with Crippen molar-refractivity contribution >= 4 is 5.71 Å². The molecule has 0 amide bonds. The molecule has 0 heterocycles. The quantitative estimate of drug-likeness (QED) is 0.444. The second-order valence-corrected chi connectivity index (χ2v) is 6.55. The molecular weight excluding hydrogens is 334 g/mol. The first-order chi connectivity index (χ1) is 13.4. The van der Waals surface area contributed by atoms with Gasteiger partial charge in [0.05, 0.1) is 5.71 Å². The zero-order valence-corrected chi connectivity index (χ0v) is 15.2. The third kappa shape index (κ3) is 4.37. The second kappa shape index (κ2) is 8.54. The lowest BCUT2D eigenvalue weighted by molar-refractivity contribution is 0.106. The molecule has 3 heteroatoms. The molecule has 3 aromatic carbocycles. The normalized spacial score (nSPS) is 14.6. The first kappa shape index (κ1) is 17.3. The minimum absolute atomic E-state index is 0.426. The summed E-state index contributed by atoms with van der Waals surface area (Å²) in [5, 5.41) is 4.39. The molecule has 3 nitrogen and oxygen atoms in total. The van der Waals surface area contributed by atoms with Gasteiger partial charge in [0.1, 0.15) is 12.4 Å². The predicted molar refractivity (Wildman–Crippen MR) is 108 cm³/mol. The average Bonchev–Trinajstić information content (AvgIpc) is 2.74. The molecule has 0 atom stereocenters. The lowest BCUT2D eigenvalue weighted by atomic mass is 9.88. The van der Waals surface area contributed by atoms with Gasteiger partial charge in [-0.25, -0.2) is 0 Å². The van der Waals surface area contributed by atoms with Gasteiger partial charge in [0, 0.05) is 5.56 Å². The summed E-state index contributed by atoms with van der Waals surface area (Å²) in [6.45, 7) is 0.893. The molecule has 0 spiro atoms. The van der Waals surface area contributed by atoms with Crippen LogP contribution in [0.2, 0.25) is 0 Å². The van der Waals surface area contributed by atoms with Gasteiger partial charge < -0.3 is 9.57 Å². The molecule has 135 valence electrons. The van der Waals surface area contributed by atoms with Crippen molar-refractivity contribution < 1.29 is 9.57 Å². The van der Waals surface area contributed by atoms with Gasteiger partial charge in [-0.15, -0.1) is 0 Å². The van der Waals surface area contributed by atoms with Crippen molar-refractivity contribution in [1.82, 2.24) is 0 Å². The van der Waals surface area contributed by atoms with Gasteiger partial charge >= 0.3 is 0 Å². The highest BCUT2D eigenvalue weighted by Gasteiger charge is 2.16. The highest BCUT2D eigenvalue weighted by Crippen LogP contribution is 2.28. The Hall–Kier alpha value is -3.07. The van der Waals surface area contributed by atoms with Gasteiger partial charge in [-0.1, -0.05) is 65.8 Å². The Morgan fingerprint density at radius 2 is 1.81 bits per heavy atom. The molecule has 4 rings (SSSR count). The molecule has 1 radical (unpaired) electrons. The van der Waals surface area contributed by atoms with Crippen LogP contribution in [0.5, 0.6) is 5.75 Å². The Kier molecular flexibility index (Phi) is 5.49. The van der Waals surface area contributed by atoms with Gasteiger partial charge in [-0.3, -0.25) is 0 Å². The number of aryl methyl sites for hydroxylation is 1. The van der Waals surface area contributed by atoms with Gasteiger partial charge in [-0.05, 0) is 54.2 Å². The van der Waals surface area contributed by atoms with Crippen LogP contribution in [0.3, 0.4) is 0 Å². The van der Waals surface area contributed by atoms with E-state index in [-0.39, 0.29) is 0 Å². The van der Waals surface area contributed by atoms with E-state index in [4.69, 9.17) is 9.57 Å². The summed E-state index contributed by atoms with van der Waals surface area (Å²) in [4.78, 5) is 5.52. The van der Waals surface area contributed by atoms with E-state index < -0.39 is 0 Å². The topological polar surface area (TPSA) is 30.8 Å². The zero-order chi connectivity index (χ0) is 18.3. The fourth-order valence-corrected chi connectivity index (χ4v) is 3.36. The molecule has 0 saturated carbocycles. The van der Waals surface area contributed by atoms with Crippen LogP contribution in [-0.4, -0.2) is 18.9 Å². The molecule has 1 aliphatic rings. The molecule has 3 aromatic rings. The van der Waals surface area contributed by atoms with Crippen molar-refractivity contribution in [3.05, 3.63) is 90.0 Å². The van der Waals surface area contributed by atoms with Crippen LogP contribution >= 0.6 is 0 Å². The Balaban J connectivity index is 1.40. The second-order valence-electron chi connectivity index (χ2n) is 6.55. The van der Waals surface area contributed by atoms with Crippen molar-refractivity contribution in [2.24, 2.45) is 5.16 Å². The Morgan fingerprint density at radius 3 is 2.67 bits per heavy atom. The van der Waals surface area contributed by atoms with Crippen LogP contribution in [0.1, 0.15) is 24.0 Å². The minimum Gasteiger partial charge on any atom is -0.490 e. The number of benzene rings is 3. The number of rotatable bonds is 6. The highest BCUT2D eigenvalue weighted by molar-refractivity contribution is 6.02. The third-order valence-electron chi connectivity index (χ3n) is 4.68. The summed E-state index contributed by atoms with van der Waals surface area (Å²) in [6, 6.07) is 27.6. The number of ether oxygens (including phenoxy) is 1. The van der Waals surface area contributed by atoms with Crippen molar-refractivity contribution in [2.45, 2.75) is 19.3 Å². The SMILES string of the molecule is [c]1cccc(OCCO/N=C2\CCCc3cc(-c4ccccc4)ccc32)c1. The Labute approximate surface area is 160 Å². The molecular formula is C24H22NO2. The molecule has 0 aliphatic heterocycles. The van der Waals surface area contributed by atoms with E-state index in [0.717, 1.165) is 30.7 Å². The van der Waals surface area contributed by atoms with Crippen molar-refractivity contribution in [3.63, 3.8) is 0 Å². The first-order valence-electron chi connectivity index (χ1n) is 9.36. The van der Waals surface area contributed by atoms with Gasteiger partial charge in [0.15, 0.2) is 6.61 Å². The highest BCUT2D eigenvalue weighted by atomic mass is 16.6. The number of oxime groups is 1. The van der Waals surface area contributed by atoms with Crippen LogP contribution in [0.4, 0.5) is 0 Å². The molecule has 0 unspecified atom stereocenters. The maximum Gasteiger partial charge on any atom is 0.151 e. The summed E-state index contributed by atoms with van der Waals surface area (Å²) >= 11 is 0. The summed E-state index contributed by atoms with van der Waals surface area (Å²) in [5.74, 6) is 0.796. The summed E-state index contributed by atoms with van der Waals surface area (Å²) < 4.78 is 5.60. The number of fused-ring (bicyclic) bond motifs is 1. The Bertz CT molecular complexity index is 904. The number of nitrogens with zero attached hydrogens (tertiary/aromatic N) is 1. The van der Waals surface area contributed by atoms with Crippen LogP contribution in [0.15, 0.2) is 78.0 Å². The molecule has 1 aliphatic carbocycles. The molecule has 0 fully saturated rings. The first-order valence-corrected chi connectivity index (χ1v) is 9.36. The summed E-state index contributed by atoms with van der Waals surface area (Å²) in [6.07, 6.45) is 3.14. The lowest BCUT2D eigenvalue weighted by Crippen LogP contribution is -2.13. The van der Waals surface area contributed by atoms with Crippen LogP contribution < -0.4 is 4.74 Å². The van der Waals surface area contributed by atoms with E-state index in [1.807, 2.05) is 30.3 Å². The van der Waals surface area contributed by atoms with Gasteiger partial charge in [-0.2, -0.15) is 0 Å². The monoisotopic (exact) mass is 356 g/mol. The standard InChI is InChI=1S/C24H22NO2/c1-3-8-19(9-4-1)20-14-15-23-21(18-20)10-7-13-24(23)25-27-17-16-26-22-11-5-2-6-12-22/h1-5,8-9,11-12,14-15,18H,7,10,13,16-17H2/b25-24+. The fourth-order valence-electron chi connectivity index (χ4n) is 3.36. The van der Waals surface area contributed by atoms with Crippen molar-refractivity contribution in [2.75, 3.05) is 13.2 Å². The van der Waals surface area contributed by atoms with E-state index in [1.54, 1.807) is 0 Å². The smallest absolute Gasteiger partial charge is 0.151 e. The average molecular weight is 356 g/mol. The van der Waals surface area contributed by atoms with E-state index in [0.29, 0.717) is 13.2 Å². The van der Waals surface area contributed by atoms with E-state index in [9.17, 15) is 0 Å². The van der Waals surface area contributed by atoms with Crippen LogP contribution in [0, 0.1) is 6.07 Å². The fraction of sp³-hybridized carbons (Fsp3) is 0.208. The molecule has 0 saturated heterocycles. The lowest BCUT2D eigenvalue weighted by Gasteiger charge is -2.18. The van der Waals surface area contributed by atoms with Crippen LogP contribution in [0.25, 0.3) is 11.1 Å². The van der Waals surface area contributed by atoms with Crippen molar-refractivity contribution in [3.8, 4) is 16.9 Å². The van der Waals surface area contributed by atoms with Crippen molar-refractivity contribution in [1.29, 1.82) is 0 Å².